The predicted octanol–water partition coefficient (Wildman–Crippen LogP) is 2.08. The molecule has 0 bridgehead atoms. The minimum absolute atomic E-state index is 0.0627. The molecule has 1 aliphatic heterocycles. The Bertz CT molecular complexity index is 402. The van der Waals surface area contributed by atoms with Crippen molar-refractivity contribution in [3.05, 3.63) is 24.3 Å². The van der Waals surface area contributed by atoms with E-state index in [1.165, 1.54) is 0 Å². The monoisotopic (exact) mass is 222 g/mol. The van der Waals surface area contributed by atoms with Gasteiger partial charge in [0.2, 0.25) is 5.60 Å². The number of ether oxygens (including phenoxy) is 2. The maximum Gasteiger partial charge on any atom is 0.351 e. The molecule has 1 aliphatic rings. The van der Waals surface area contributed by atoms with Crippen LogP contribution in [0.3, 0.4) is 0 Å². The van der Waals surface area contributed by atoms with Crippen molar-refractivity contribution in [1.82, 2.24) is 0 Å². The van der Waals surface area contributed by atoms with Crippen molar-refractivity contribution in [3.8, 4) is 11.5 Å². The van der Waals surface area contributed by atoms with E-state index < -0.39 is 11.6 Å². The fraction of sp³-hybridized carbons (Fsp3) is 0.417. The van der Waals surface area contributed by atoms with Gasteiger partial charge < -0.3 is 14.6 Å². The summed E-state index contributed by atoms with van der Waals surface area (Å²) in [6, 6.07) is 7.12. The van der Waals surface area contributed by atoms with Crippen molar-refractivity contribution in [3.63, 3.8) is 0 Å². The molecule has 0 aromatic heterocycles. The summed E-state index contributed by atoms with van der Waals surface area (Å²) < 4.78 is 11.0. The lowest BCUT2D eigenvalue weighted by atomic mass is 9.98. The number of hydrogen-bond acceptors (Lipinski definition) is 3. The molecule has 1 heterocycles. The molecule has 0 fully saturated rings. The van der Waals surface area contributed by atoms with Gasteiger partial charge in [-0.25, -0.2) is 4.79 Å². The maximum atomic E-state index is 11.3. The summed E-state index contributed by atoms with van der Waals surface area (Å²) in [6.45, 7) is 1.99. The van der Waals surface area contributed by atoms with Gasteiger partial charge in [0, 0.05) is 6.42 Å². The average Bonchev–Trinajstić information content (AvgIpc) is 2.29. The van der Waals surface area contributed by atoms with Crippen molar-refractivity contribution < 1.29 is 19.4 Å². The molecule has 1 atom stereocenters. The fourth-order valence-electron chi connectivity index (χ4n) is 1.83. The highest BCUT2D eigenvalue weighted by molar-refractivity contribution is 5.78. The number of aliphatic carboxylic acids is 1. The summed E-state index contributed by atoms with van der Waals surface area (Å²) in [6.07, 6.45) is 1.18. The summed E-state index contributed by atoms with van der Waals surface area (Å²) >= 11 is 0. The Morgan fingerprint density at radius 2 is 2.12 bits per heavy atom. The zero-order valence-corrected chi connectivity index (χ0v) is 9.10. The van der Waals surface area contributed by atoms with Crippen LogP contribution >= 0.6 is 0 Å². The normalized spacial score (nSPS) is 22.8. The van der Waals surface area contributed by atoms with E-state index in [0.717, 1.165) is 6.42 Å². The SMILES string of the molecule is CCC[C@@]1(C(=O)O)COc2ccccc2O1. The van der Waals surface area contributed by atoms with E-state index in [1.54, 1.807) is 18.2 Å². The Labute approximate surface area is 93.8 Å². The zero-order chi connectivity index (χ0) is 11.6. The van der Waals surface area contributed by atoms with Crippen LogP contribution in [0, 0.1) is 0 Å². The smallest absolute Gasteiger partial charge is 0.351 e. The Kier molecular flexibility index (Phi) is 2.73. The van der Waals surface area contributed by atoms with E-state index >= 15 is 0 Å². The van der Waals surface area contributed by atoms with Crippen LogP contribution in [0.1, 0.15) is 19.8 Å². The van der Waals surface area contributed by atoms with E-state index in [2.05, 4.69) is 0 Å². The van der Waals surface area contributed by atoms with Gasteiger partial charge in [0.25, 0.3) is 0 Å². The van der Waals surface area contributed by atoms with Crippen molar-refractivity contribution in [2.24, 2.45) is 0 Å². The third-order valence-electron chi connectivity index (χ3n) is 2.66. The number of benzene rings is 1. The molecule has 0 aliphatic carbocycles. The molecule has 86 valence electrons. The second-order valence-corrected chi connectivity index (χ2v) is 3.89. The van der Waals surface area contributed by atoms with E-state index in [0.29, 0.717) is 17.9 Å². The largest absolute Gasteiger partial charge is 0.485 e. The van der Waals surface area contributed by atoms with Crippen LogP contribution < -0.4 is 9.47 Å². The summed E-state index contributed by atoms with van der Waals surface area (Å²) in [4.78, 5) is 11.3. The maximum absolute atomic E-state index is 11.3. The standard InChI is InChI=1S/C12H14O4/c1-2-7-12(11(13)14)8-15-9-5-3-4-6-10(9)16-12/h3-6H,2,7-8H2,1H3,(H,13,14)/t12-/m0/s1. The molecule has 0 spiro atoms. The number of carbonyl (C=O) groups is 1. The predicted molar refractivity (Wildman–Crippen MR) is 57.8 cm³/mol. The molecule has 2 rings (SSSR count). The van der Waals surface area contributed by atoms with Crippen molar-refractivity contribution >= 4 is 5.97 Å². The first-order valence-corrected chi connectivity index (χ1v) is 5.32. The Hall–Kier alpha value is -1.71. The van der Waals surface area contributed by atoms with E-state index in [1.807, 2.05) is 13.0 Å². The molecule has 0 unspecified atom stereocenters. The molecule has 4 nitrogen and oxygen atoms in total. The number of para-hydroxylation sites is 2. The summed E-state index contributed by atoms with van der Waals surface area (Å²) in [7, 11) is 0. The highest BCUT2D eigenvalue weighted by Gasteiger charge is 2.44. The van der Waals surface area contributed by atoms with Crippen LogP contribution in [0.25, 0.3) is 0 Å². The highest BCUT2D eigenvalue weighted by atomic mass is 16.6. The number of carboxylic acid groups (broad SMARTS) is 1. The molecule has 0 amide bonds. The lowest BCUT2D eigenvalue weighted by molar-refractivity contribution is -0.161. The zero-order valence-electron chi connectivity index (χ0n) is 9.10. The average molecular weight is 222 g/mol. The third kappa shape index (κ3) is 1.71. The number of fused-ring (bicyclic) bond motifs is 1. The van der Waals surface area contributed by atoms with Crippen LogP contribution in [0.5, 0.6) is 11.5 Å². The Morgan fingerprint density at radius 3 is 2.75 bits per heavy atom. The van der Waals surface area contributed by atoms with Crippen LogP contribution in [-0.2, 0) is 4.79 Å². The van der Waals surface area contributed by atoms with Gasteiger partial charge in [0.05, 0.1) is 0 Å². The first-order valence-electron chi connectivity index (χ1n) is 5.32. The lowest BCUT2D eigenvalue weighted by Crippen LogP contribution is -2.51. The van der Waals surface area contributed by atoms with Crippen LogP contribution in [0.2, 0.25) is 0 Å². The van der Waals surface area contributed by atoms with Crippen molar-refractivity contribution in [2.45, 2.75) is 25.4 Å². The van der Waals surface area contributed by atoms with E-state index in [4.69, 9.17) is 9.47 Å². The number of rotatable bonds is 3. The Balaban J connectivity index is 2.31. The summed E-state index contributed by atoms with van der Waals surface area (Å²) in [5.74, 6) is 0.143. The fourth-order valence-corrected chi connectivity index (χ4v) is 1.83. The topological polar surface area (TPSA) is 55.8 Å². The van der Waals surface area contributed by atoms with Gasteiger partial charge in [0.1, 0.15) is 6.61 Å². The van der Waals surface area contributed by atoms with Crippen molar-refractivity contribution in [2.75, 3.05) is 6.61 Å². The summed E-state index contributed by atoms with van der Waals surface area (Å²) in [5.41, 5.74) is -1.23. The highest BCUT2D eigenvalue weighted by Crippen LogP contribution is 2.36. The molecule has 1 aromatic rings. The first kappa shape index (κ1) is 10.8. The molecule has 0 saturated carbocycles. The van der Waals surface area contributed by atoms with E-state index in [-0.39, 0.29) is 6.61 Å². The second-order valence-electron chi connectivity index (χ2n) is 3.89. The second kappa shape index (κ2) is 4.04. The molecule has 16 heavy (non-hydrogen) atoms. The molecule has 1 aromatic carbocycles. The van der Waals surface area contributed by atoms with Gasteiger partial charge in [-0.15, -0.1) is 0 Å². The Morgan fingerprint density at radius 1 is 1.44 bits per heavy atom. The number of carboxylic acids is 1. The summed E-state index contributed by atoms with van der Waals surface area (Å²) in [5, 5.41) is 9.24. The molecule has 4 heteroatoms. The molecule has 0 radical (unpaired) electrons. The number of hydrogen-bond donors (Lipinski definition) is 1. The van der Waals surface area contributed by atoms with Gasteiger partial charge in [-0.1, -0.05) is 25.5 Å². The van der Waals surface area contributed by atoms with Gasteiger partial charge in [0.15, 0.2) is 11.5 Å². The van der Waals surface area contributed by atoms with Gasteiger partial charge in [-0.2, -0.15) is 0 Å². The minimum atomic E-state index is -1.23. The van der Waals surface area contributed by atoms with Gasteiger partial charge in [-0.05, 0) is 12.1 Å². The molecular formula is C12H14O4. The third-order valence-corrected chi connectivity index (χ3v) is 2.66. The van der Waals surface area contributed by atoms with Gasteiger partial charge >= 0.3 is 5.97 Å². The molecule has 1 N–H and O–H groups in total. The van der Waals surface area contributed by atoms with Gasteiger partial charge in [-0.3, -0.25) is 0 Å². The van der Waals surface area contributed by atoms with Crippen LogP contribution in [0.15, 0.2) is 24.3 Å². The van der Waals surface area contributed by atoms with Crippen LogP contribution in [0.4, 0.5) is 0 Å². The quantitative estimate of drug-likeness (QED) is 0.850. The molecular weight excluding hydrogens is 208 g/mol. The lowest BCUT2D eigenvalue weighted by Gasteiger charge is -2.34. The minimum Gasteiger partial charge on any atom is -0.485 e. The van der Waals surface area contributed by atoms with Crippen molar-refractivity contribution in [1.29, 1.82) is 0 Å². The first-order chi connectivity index (χ1) is 7.68. The molecule has 0 saturated heterocycles. The van der Waals surface area contributed by atoms with Crippen LogP contribution in [-0.4, -0.2) is 23.3 Å². The van der Waals surface area contributed by atoms with E-state index in [9.17, 15) is 9.90 Å².